The Kier molecular flexibility index (Phi) is 5.21. The van der Waals surface area contributed by atoms with Gasteiger partial charge in [0.25, 0.3) is 0 Å². The highest BCUT2D eigenvalue weighted by Gasteiger charge is 2.36. The molecule has 0 bridgehead atoms. The summed E-state index contributed by atoms with van der Waals surface area (Å²) in [6.45, 7) is 5.04. The molecule has 0 aliphatic rings. The highest BCUT2D eigenvalue weighted by Crippen LogP contribution is 2.16. The second-order valence-corrected chi connectivity index (χ2v) is 5.57. The Hall–Kier alpha value is -1.95. The number of nitrogens with two attached hydrogens (primary N) is 1. The van der Waals surface area contributed by atoms with Crippen molar-refractivity contribution >= 4 is 11.9 Å². The molecule has 1 aromatic heterocycles. The summed E-state index contributed by atoms with van der Waals surface area (Å²) in [7, 11) is 0. The van der Waals surface area contributed by atoms with Gasteiger partial charge in [0, 0.05) is 18.4 Å². The Bertz CT molecular complexity index is 468. The second-order valence-electron chi connectivity index (χ2n) is 5.57. The van der Waals surface area contributed by atoms with Crippen LogP contribution in [-0.2, 0) is 20.7 Å². The topological polar surface area (TPSA) is 103 Å². The molecule has 0 saturated carbocycles. The first-order valence-corrected chi connectivity index (χ1v) is 6.31. The zero-order valence-corrected chi connectivity index (χ0v) is 11.9. The molecule has 3 N–H and O–H groups in total. The molecule has 0 unspecified atom stereocenters. The first-order valence-electron chi connectivity index (χ1n) is 6.31. The molecule has 110 valence electrons. The molecular weight excluding hydrogens is 260 g/mol. The lowest BCUT2D eigenvalue weighted by molar-refractivity contribution is -0.167. The predicted molar refractivity (Wildman–Crippen MR) is 72.9 cm³/mol. The Labute approximate surface area is 118 Å². The predicted octanol–water partition coefficient (Wildman–Crippen LogP) is 0.994. The summed E-state index contributed by atoms with van der Waals surface area (Å²) >= 11 is 0. The number of carbonyl (C=O) groups excluding carboxylic acids is 1. The van der Waals surface area contributed by atoms with E-state index in [1.165, 1.54) is 0 Å². The van der Waals surface area contributed by atoms with Gasteiger partial charge in [0.2, 0.25) is 0 Å². The maximum atomic E-state index is 11.9. The lowest BCUT2D eigenvalue weighted by Gasteiger charge is -2.25. The molecule has 6 heteroatoms. The Morgan fingerprint density at radius 3 is 2.35 bits per heavy atom. The number of hydrogen-bond acceptors (Lipinski definition) is 5. The molecule has 1 rings (SSSR count). The average molecular weight is 280 g/mol. The van der Waals surface area contributed by atoms with Crippen molar-refractivity contribution in [3.63, 3.8) is 0 Å². The molecule has 0 saturated heterocycles. The van der Waals surface area contributed by atoms with Gasteiger partial charge < -0.3 is 15.6 Å². The number of carboxylic acid groups (broad SMARTS) is 1. The van der Waals surface area contributed by atoms with E-state index >= 15 is 0 Å². The molecule has 0 radical (unpaired) electrons. The third-order valence-electron chi connectivity index (χ3n) is 2.58. The minimum absolute atomic E-state index is 0.263. The summed E-state index contributed by atoms with van der Waals surface area (Å²) in [4.78, 5) is 27.1. The highest BCUT2D eigenvalue weighted by molar-refractivity contribution is 5.95. The molecule has 2 atom stereocenters. The molecule has 0 aliphatic heterocycles. The normalized spacial score (nSPS) is 14.4. The van der Waals surface area contributed by atoms with Gasteiger partial charge in [0.1, 0.15) is 5.60 Å². The third-order valence-corrected chi connectivity index (χ3v) is 2.58. The summed E-state index contributed by atoms with van der Waals surface area (Å²) in [5.74, 6) is -3.48. The monoisotopic (exact) mass is 280 g/mol. The SMILES string of the molecule is CC(C)(C)OC(=O)[C@H](C(=O)O)[C@H](N)Cc1ccncc1. The van der Waals surface area contributed by atoms with E-state index < -0.39 is 29.5 Å². The maximum absolute atomic E-state index is 11.9. The number of carboxylic acids is 1. The molecule has 0 spiro atoms. The first kappa shape index (κ1) is 16.1. The quantitative estimate of drug-likeness (QED) is 0.616. The number of rotatable bonds is 5. The number of aromatic nitrogens is 1. The van der Waals surface area contributed by atoms with Gasteiger partial charge in [-0.3, -0.25) is 14.6 Å². The van der Waals surface area contributed by atoms with Crippen LogP contribution >= 0.6 is 0 Å². The fourth-order valence-corrected chi connectivity index (χ4v) is 1.73. The van der Waals surface area contributed by atoms with Crippen molar-refractivity contribution in [2.24, 2.45) is 11.7 Å². The van der Waals surface area contributed by atoms with Crippen LogP contribution in [0.2, 0.25) is 0 Å². The Morgan fingerprint density at radius 2 is 1.90 bits per heavy atom. The van der Waals surface area contributed by atoms with E-state index in [0.29, 0.717) is 0 Å². The summed E-state index contributed by atoms with van der Waals surface area (Å²) < 4.78 is 5.11. The first-order chi connectivity index (χ1) is 9.20. The smallest absolute Gasteiger partial charge is 0.322 e. The number of hydrogen-bond donors (Lipinski definition) is 2. The molecule has 1 aromatic rings. The molecule has 6 nitrogen and oxygen atoms in total. The van der Waals surface area contributed by atoms with Crippen LogP contribution in [0.4, 0.5) is 0 Å². The van der Waals surface area contributed by atoms with E-state index in [0.717, 1.165) is 5.56 Å². The van der Waals surface area contributed by atoms with E-state index in [4.69, 9.17) is 10.5 Å². The van der Waals surface area contributed by atoms with Gasteiger partial charge in [0.15, 0.2) is 5.92 Å². The Balaban J connectivity index is 2.80. The van der Waals surface area contributed by atoms with E-state index in [1.54, 1.807) is 45.3 Å². The summed E-state index contributed by atoms with van der Waals surface area (Å²) in [6, 6.07) is 2.60. The third kappa shape index (κ3) is 4.97. The maximum Gasteiger partial charge on any atom is 0.322 e. The minimum atomic E-state index is -1.39. The fourth-order valence-electron chi connectivity index (χ4n) is 1.73. The lowest BCUT2D eigenvalue weighted by Crippen LogP contribution is -2.45. The van der Waals surface area contributed by atoms with Crippen molar-refractivity contribution in [3.05, 3.63) is 30.1 Å². The van der Waals surface area contributed by atoms with Crippen molar-refractivity contribution in [2.75, 3.05) is 0 Å². The van der Waals surface area contributed by atoms with E-state index in [-0.39, 0.29) is 6.42 Å². The van der Waals surface area contributed by atoms with E-state index in [2.05, 4.69) is 4.98 Å². The van der Waals surface area contributed by atoms with Crippen molar-refractivity contribution in [2.45, 2.75) is 38.8 Å². The van der Waals surface area contributed by atoms with E-state index in [1.807, 2.05) is 0 Å². The van der Waals surface area contributed by atoms with Crippen LogP contribution in [0.5, 0.6) is 0 Å². The van der Waals surface area contributed by atoms with Crippen LogP contribution in [0.25, 0.3) is 0 Å². The van der Waals surface area contributed by atoms with Crippen LogP contribution in [0.3, 0.4) is 0 Å². The molecule has 0 aromatic carbocycles. The van der Waals surface area contributed by atoms with Gasteiger partial charge >= 0.3 is 11.9 Å². The number of aliphatic carboxylic acids is 1. The van der Waals surface area contributed by atoms with Crippen LogP contribution < -0.4 is 5.73 Å². The zero-order chi connectivity index (χ0) is 15.3. The van der Waals surface area contributed by atoms with Crippen LogP contribution in [0, 0.1) is 5.92 Å². The van der Waals surface area contributed by atoms with Gasteiger partial charge in [-0.2, -0.15) is 0 Å². The van der Waals surface area contributed by atoms with Gasteiger partial charge in [-0.05, 0) is 44.9 Å². The Morgan fingerprint density at radius 1 is 1.35 bits per heavy atom. The fraction of sp³-hybridized carbons (Fsp3) is 0.500. The summed E-state index contributed by atoms with van der Waals surface area (Å²) in [5.41, 5.74) is 5.94. The number of pyridine rings is 1. The van der Waals surface area contributed by atoms with Crippen molar-refractivity contribution in [1.82, 2.24) is 4.98 Å². The van der Waals surface area contributed by atoms with E-state index in [9.17, 15) is 14.7 Å². The highest BCUT2D eigenvalue weighted by atomic mass is 16.6. The minimum Gasteiger partial charge on any atom is -0.481 e. The largest absolute Gasteiger partial charge is 0.481 e. The van der Waals surface area contributed by atoms with Crippen LogP contribution in [0.1, 0.15) is 26.3 Å². The van der Waals surface area contributed by atoms with Crippen LogP contribution in [-0.4, -0.2) is 33.7 Å². The zero-order valence-electron chi connectivity index (χ0n) is 11.9. The van der Waals surface area contributed by atoms with Gasteiger partial charge in [0.05, 0.1) is 0 Å². The van der Waals surface area contributed by atoms with Crippen molar-refractivity contribution < 1.29 is 19.4 Å². The standard InChI is InChI=1S/C14H20N2O4/c1-14(2,3)20-13(19)11(12(17)18)10(15)8-9-4-6-16-7-5-9/h4-7,10-11H,8,15H2,1-3H3,(H,17,18)/t10-,11+/m1/s1. The van der Waals surface area contributed by atoms with Crippen LogP contribution in [0.15, 0.2) is 24.5 Å². The van der Waals surface area contributed by atoms with Crippen molar-refractivity contribution in [3.8, 4) is 0 Å². The average Bonchev–Trinajstić information content (AvgIpc) is 2.26. The number of carbonyl (C=O) groups is 2. The number of esters is 1. The molecule has 20 heavy (non-hydrogen) atoms. The molecule has 0 amide bonds. The summed E-state index contributed by atoms with van der Waals surface area (Å²) in [5, 5.41) is 9.20. The second kappa shape index (κ2) is 6.47. The van der Waals surface area contributed by atoms with Gasteiger partial charge in [-0.25, -0.2) is 0 Å². The molecule has 1 heterocycles. The van der Waals surface area contributed by atoms with Gasteiger partial charge in [-0.15, -0.1) is 0 Å². The van der Waals surface area contributed by atoms with Gasteiger partial charge in [-0.1, -0.05) is 0 Å². The summed E-state index contributed by atoms with van der Waals surface area (Å²) in [6.07, 6.45) is 3.44. The molecular formula is C14H20N2O4. The van der Waals surface area contributed by atoms with Crippen molar-refractivity contribution in [1.29, 1.82) is 0 Å². The molecule has 0 fully saturated rings. The number of ether oxygens (including phenoxy) is 1. The molecule has 0 aliphatic carbocycles. The lowest BCUT2D eigenvalue weighted by atomic mass is 9.94. The number of nitrogens with zero attached hydrogens (tertiary/aromatic N) is 1.